The number of alkyl halides is 5. The van der Waals surface area contributed by atoms with E-state index in [4.69, 9.17) is 0 Å². The van der Waals surface area contributed by atoms with Gasteiger partial charge in [-0.2, -0.15) is 18.3 Å². The molecule has 3 heterocycles. The molecule has 2 fully saturated rings. The van der Waals surface area contributed by atoms with E-state index in [1.54, 1.807) is 6.07 Å². The Balaban J connectivity index is 1.56. The highest BCUT2D eigenvalue weighted by atomic mass is 19.4. The van der Waals surface area contributed by atoms with Crippen LogP contribution in [0.1, 0.15) is 49.5 Å². The Kier molecular flexibility index (Phi) is 6.38. The zero-order valence-corrected chi connectivity index (χ0v) is 18.0. The molecule has 1 saturated carbocycles. The third kappa shape index (κ3) is 5.39. The second-order valence-electron chi connectivity index (χ2n) is 9.05. The number of halogens is 5. The molecule has 0 bridgehead atoms. The lowest BCUT2D eigenvalue weighted by molar-refractivity contribution is -0.183. The Hall–Kier alpha value is -2.99. The van der Waals surface area contributed by atoms with Crippen LogP contribution in [0.2, 0.25) is 0 Å². The van der Waals surface area contributed by atoms with Gasteiger partial charge in [0.1, 0.15) is 0 Å². The van der Waals surface area contributed by atoms with Gasteiger partial charge in [0, 0.05) is 31.7 Å². The minimum Gasteiger partial charge on any atom is -0.465 e. The summed E-state index contributed by atoms with van der Waals surface area (Å²) in [5, 5.41) is 18.1. The van der Waals surface area contributed by atoms with Gasteiger partial charge < -0.3 is 15.7 Å². The first-order valence-corrected chi connectivity index (χ1v) is 11.0. The number of amides is 2. The maximum Gasteiger partial charge on any atom is 0.405 e. The fraction of sp³-hybridized carbons (Fsp3) is 0.619. The molecule has 0 aromatic carbocycles. The number of nitrogens with one attached hydrogen (secondary N) is 2. The molecule has 2 amide bonds. The van der Waals surface area contributed by atoms with Crippen molar-refractivity contribution < 1.29 is 36.6 Å². The summed E-state index contributed by atoms with van der Waals surface area (Å²) in [6, 6.07) is 2.11. The summed E-state index contributed by atoms with van der Waals surface area (Å²) < 4.78 is 68.5. The first-order chi connectivity index (χ1) is 15.9. The van der Waals surface area contributed by atoms with E-state index >= 15 is 0 Å². The van der Waals surface area contributed by atoms with E-state index in [1.165, 1.54) is 16.8 Å². The molecule has 1 saturated heterocycles. The van der Waals surface area contributed by atoms with Gasteiger partial charge in [-0.15, -0.1) is 0 Å². The Morgan fingerprint density at radius 2 is 2.12 bits per heavy atom. The molecule has 2 aliphatic rings. The van der Waals surface area contributed by atoms with Gasteiger partial charge in [-0.05, 0) is 37.3 Å². The van der Waals surface area contributed by atoms with Crippen LogP contribution in [0.5, 0.6) is 0 Å². The van der Waals surface area contributed by atoms with Gasteiger partial charge in [0.25, 0.3) is 0 Å². The van der Waals surface area contributed by atoms with E-state index in [9.17, 15) is 36.6 Å². The lowest BCUT2D eigenvalue weighted by Gasteiger charge is -2.33. The molecule has 1 aliphatic heterocycles. The molecule has 2 aromatic rings. The quantitative estimate of drug-likeness (QED) is 0.555. The number of hydrogen-bond acceptors (Lipinski definition) is 4. The maximum absolute atomic E-state index is 14.0. The van der Waals surface area contributed by atoms with Crippen molar-refractivity contribution >= 4 is 17.6 Å². The van der Waals surface area contributed by atoms with E-state index in [0.717, 1.165) is 0 Å². The van der Waals surface area contributed by atoms with Crippen LogP contribution in [0.25, 0.3) is 5.65 Å². The Bertz CT molecular complexity index is 1070. The number of fused-ring (bicyclic) bond motifs is 1. The molecule has 1 aliphatic carbocycles. The summed E-state index contributed by atoms with van der Waals surface area (Å²) >= 11 is 0. The number of rotatable bonds is 5. The molecule has 2 aromatic heterocycles. The summed E-state index contributed by atoms with van der Waals surface area (Å²) in [4.78, 5) is 27.8. The molecule has 8 nitrogen and oxygen atoms in total. The molecular formula is C21H24F5N5O3. The highest BCUT2D eigenvalue weighted by Gasteiger charge is 2.45. The minimum absolute atomic E-state index is 0.0203. The monoisotopic (exact) mass is 489 g/mol. The van der Waals surface area contributed by atoms with E-state index in [1.807, 2.05) is 0 Å². The SMILES string of the molecule is O=C(O)NC(c1cn2nc(CC3C[C@@H](C(F)(F)F)CNC3=O)ccc2n1)[C@H]1CCCC(F)(F)C1. The smallest absolute Gasteiger partial charge is 0.405 e. The van der Waals surface area contributed by atoms with E-state index in [0.29, 0.717) is 17.8 Å². The number of imidazole rings is 1. The second-order valence-corrected chi connectivity index (χ2v) is 9.05. The van der Waals surface area contributed by atoms with Crippen molar-refractivity contribution in [2.24, 2.45) is 17.8 Å². The van der Waals surface area contributed by atoms with Crippen molar-refractivity contribution in [3.8, 4) is 0 Å². The van der Waals surface area contributed by atoms with Gasteiger partial charge in [-0.1, -0.05) is 0 Å². The van der Waals surface area contributed by atoms with Crippen LogP contribution in [0.15, 0.2) is 18.3 Å². The fourth-order valence-corrected chi connectivity index (χ4v) is 4.84. The number of piperidine rings is 1. The molecular weight excluding hydrogens is 465 g/mol. The van der Waals surface area contributed by atoms with Crippen molar-refractivity contribution in [3.05, 3.63) is 29.7 Å². The van der Waals surface area contributed by atoms with Crippen LogP contribution < -0.4 is 10.6 Å². The van der Waals surface area contributed by atoms with Gasteiger partial charge in [0.05, 0.1) is 29.5 Å². The van der Waals surface area contributed by atoms with Crippen LogP contribution in [0.4, 0.5) is 26.7 Å². The van der Waals surface area contributed by atoms with Crippen molar-refractivity contribution in [2.45, 2.75) is 56.7 Å². The van der Waals surface area contributed by atoms with Gasteiger partial charge in [0.2, 0.25) is 11.8 Å². The number of nitrogens with zero attached hydrogens (tertiary/aromatic N) is 3. The van der Waals surface area contributed by atoms with Crippen molar-refractivity contribution in [3.63, 3.8) is 0 Å². The van der Waals surface area contributed by atoms with Crippen LogP contribution in [-0.4, -0.2) is 50.3 Å². The second kappa shape index (κ2) is 8.99. The van der Waals surface area contributed by atoms with E-state index in [2.05, 4.69) is 20.7 Å². The van der Waals surface area contributed by atoms with Crippen molar-refractivity contribution in [1.29, 1.82) is 0 Å². The van der Waals surface area contributed by atoms with Crippen LogP contribution in [-0.2, 0) is 11.2 Å². The highest BCUT2D eigenvalue weighted by Crippen LogP contribution is 2.42. The lowest BCUT2D eigenvalue weighted by atomic mass is 9.81. The summed E-state index contributed by atoms with van der Waals surface area (Å²) in [5.74, 6) is -6.55. The normalized spacial score (nSPS) is 26.1. The zero-order valence-electron chi connectivity index (χ0n) is 18.0. The van der Waals surface area contributed by atoms with Crippen LogP contribution in [0, 0.1) is 17.8 Å². The molecule has 0 spiro atoms. The minimum atomic E-state index is -4.41. The third-order valence-electron chi connectivity index (χ3n) is 6.52. The fourth-order valence-electron chi connectivity index (χ4n) is 4.84. The predicted octanol–water partition coefficient (Wildman–Crippen LogP) is 3.72. The molecule has 4 rings (SSSR count). The number of carbonyl (C=O) groups is 2. The number of aromatic nitrogens is 3. The Labute approximate surface area is 190 Å². The standard InChI is InChI=1S/C21H24F5N5O3/c22-20(23)5-1-2-11(8-20)17(29-19(33)34)15-10-31-16(28-15)4-3-14(30-31)7-12-6-13(21(24,25)26)9-27-18(12)32/h3-4,10-13,17,29H,1-2,5-9H2,(H,27,32)(H,33,34)/t11-,12?,13+,17?/m0/s1. The zero-order chi connectivity index (χ0) is 24.7. The topological polar surface area (TPSA) is 109 Å². The average molecular weight is 489 g/mol. The molecule has 186 valence electrons. The van der Waals surface area contributed by atoms with Gasteiger partial charge in [-0.25, -0.2) is 23.1 Å². The summed E-state index contributed by atoms with van der Waals surface area (Å²) in [7, 11) is 0. The van der Waals surface area contributed by atoms with Crippen molar-refractivity contribution in [1.82, 2.24) is 25.2 Å². The average Bonchev–Trinajstić information content (AvgIpc) is 3.15. The molecule has 3 N–H and O–H groups in total. The first-order valence-electron chi connectivity index (χ1n) is 11.0. The van der Waals surface area contributed by atoms with Gasteiger partial charge in [-0.3, -0.25) is 4.79 Å². The first kappa shape index (κ1) is 24.1. The van der Waals surface area contributed by atoms with E-state index < -0.39 is 60.9 Å². The van der Waals surface area contributed by atoms with Gasteiger partial charge >= 0.3 is 12.3 Å². The number of carboxylic acid groups (broad SMARTS) is 1. The molecule has 4 atom stereocenters. The summed E-state index contributed by atoms with van der Waals surface area (Å²) in [6.07, 6.45) is -4.77. The number of hydrogen-bond donors (Lipinski definition) is 3. The summed E-state index contributed by atoms with van der Waals surface area (Å²) in [5.41, 5.74) is 0.897. The maximum atomic E-state index is 14.0. The molecule has 2 unspecified atom stereocenters. The number of carbonyl (C=O) groups excluding carboxylic acids is 1. The third-order valence-corrected chi connectivity index (χ3v) is 6.52. The highest BCUT2D eigenvalue weighted by molar-refractivity contribution is 5.79. The Morgan fingerprint density at radius 1 is 1.35 bits per heavy atom. The molecule has 0 radical (unpaired) electrons. The van der Waals surface area contributed by atoms with Crippen molar-refractivity contribution in [2.75, 3.05) is 6.54 Å². The van der Waals surface area contributed by atoms with E-state index in [-0.39, 0.29) is 31.4 Å². The summed E-state index contributed by atoms with van der Waals surface area (Å²) in [6.45, 7) is -0.450. The van der Waals surface area contributed by atoms with Crippen LogP contribution >= 0.6 is 0 Å². The largest absolute Gasteiger partial charge is 0.465 e. The lowest BCUT2D eigenvalue weighted by Crippen LogP contribution is -2.47. The molecule has 13 heteroatoms. The Morgan fingerprint density at radius 3 is 2.79 bits per heavy atom. The van der Waals surface area contributed by atoms with Gasteiger partial charge in [0.15, 0.2) is 5.65 Å². The van der Waals surface area contributed by atoms with Crippen LogP contribution in [0.3, 0.4) is 0 Å². The molecule has 34 heavy (non-hydrogen) atoms. The predicted molar refractivity (Wildman–Crippen MR) is 108 cm³/mol.